The third-order valence-corrected chi connectivity index (χ3v) is 7.58. The highest BCUT2D eigenvalue weighted by Gasteiger charge is 2.28. The van der Waals surface area contributed by atoms with Crippen molar-refractivity contribution in [1.82, 2.24) is 24.6 Å². The zero-order chi connectivity index (χ0) is 23.3. The number of rotatable bonds is 7. The van der Waals surface area contributed by atoms with Crippen molar-refractivity contribution >= 4 is 17.7 Å². The first kappa shape index (κ1) is 23.1. The summed E-state index contributed by atoms with van der Waals surface area (Å²) in [5, 5.41) is 5.08. The predicted molar refractivity (Wildman–Crippen MR) is 132 cm³/mol. The average Bonchev–Trinajstić information content (AvgIpc) is 3.58. The van der Waals surface area contributed by atoms with E-state index in [1.54, 1.807) is 18.0 Å². The topological polar surface area (TPSA) is 73.1 Å². The van der Waals surface area contributed by atoms with Crippen LogP contribution in [0.1, 0.15) is 58.8 Å². The molecule has 2 fully saturated rings. The fourth-order valence-corrected chi connectivity index (χ4v) is 5.70. The number of carbonyl (C=O) groups is 1. The minimum atomic E-state index is 0.0895. The van der Waals surface area contributed by atoms with Crippen molar-refractivity contribution in [3.8, 4) is 0 Å². The van der Waals surface area contributed by atoms with E-state index in [9.17, 15) is 4.79 Å². The molecule has 8 heteroatoms. The molecule has 7 nitrogen and oxygen atoms in total. The first-order chi connectivity index (χ1) is 16.7. The molecule has 0 radical (unpaired) electrons. The molecule has 4 heterocycles. The van der Waals surface area contributed by atoms with Crippen LogP contribution in [0.3, 0.4) is 0 Å². The molecule has 1 aromatic carbocycles. The van der Waals surface area contributed by atoms with Gasteiger partial charge in [-0.3, -0.25) is 9.48 Å². The highest BCUT2D eigenvalue weighted by Crippen LogP contribution is 2.30. The van der Waals surface area contributed by atoms with E-state index in [1.165, 1.54) is 0 Å². The number of carbonyl (C=O) groups excluding carboxylic acids is 1. The summed E-state index contributed by atoms with van der Waals surface area (Å²) in [5.41, 5.74) is 3.98. The highest BCUT2D eigenvalue weighted by molar-refractivity contribution is 7.99. The van der Waals surface area contributed by atoms with Crippen LogP contribution in [0.2, 0.25) is 0 Å². The lowest BCUT2D eigenvalue weighted by atomic mass is 9.92. The second-order valence-electron chi connectivity index (χ2n) is 9.16. The minimum Gasteiger partial charge on any atom is -0.377 e. The quantitative estimate of drug-likeness (QED) is 0.373. The van der Waals surface area contributed by atoms with E-state index >= 15 is 0 Å². The Morgan fingerprint density at radius 2 is 2.18 bits per heavy atom. The van der Waals surface area contributed by atoms with Crippen LogP contribution in [0.5, 0.6) is 0 Å². The molecular formula is C26H31N5O2S. The molecule has 0 aliphatic carbocycles. The predicted octanol–water partition coefficient (Wildman–Crippen LogP) is 4.32. The Kier molecular flexibility index (Phi) is 7.25. The first-order valence-corrected chi connectivity index (χ1v) is 13.1. The second kappa shape index (κ2) is 10.7. The summed E-state index contributed by atoms with van der Waals surface area (Å²) in [7, 11) is 0. The molecule has 0 saturated carbocycles. The number of ether oxygens (including phenoxy) is 1. The smallest absolute Gasteiger partial charge is 0.253 e. The summed E-state index contributed by atoms with van der Waals surface area (Å²) in [6.07, 6.45) is 10.2. The maximum atomic E-state index is 13.4. The van der Waals surface area contributed by atoms with Gasteiger partial charge in [-0.15, -0.1) is 0 Å². The number of hydrogen-bond acceptors (Lipinski definition) is 6. The van der Waals surface area contributed by atoms with Crippen molar-refractivity contribution in [2.45, 2.75) is 56.3 Å². The number of thioether (sulfide) groups is 1. The number of nitrogens with zero attached hydrogens (tertiary/aromatic N) is 5. The standard InChI is InChI=1S/C26H31N5O2S/c1-19-15-27-26(34-18-23-9-4-13-33-23)29-24(19)22-8-3-11-30(17-22)25(32)21-7-2-6-20(14-21)16-31-12-5-10-28-31/h2,5-7,10,12,14-15,22-23H,3-4,8-9,11,13,16-18H2,1H3/t22-,23+/m1/s1. The molecule has 3 aromatic rings. The molecule has 5 rings (SSSR count). The number of benzene rings is 1. The summed E-state index contributed by atoms with van der Waals surface area (Å²) in [5.74, 6) is 1.22. The Morgan fingerprint density at radius 1 is 1.24 bits per heavy atom. The molecule has 34 heavy (non-hydrogen) atoms. The Labute approximate surface area is 204 Å². The van der Waals surface area contributed by atoms with Gasteiger partial charge in [-0.05, 0) is 61.9 Å². The molecule has 0 bridgehead atoms. The molecule has 0 unspecified atom stereocenters. The van der Waals surface area contributed by atoms with Crippen LogP contribution in [-0.4, -0.2) is 62.1 Å². The maximum absolute atomic E-state index is 13.4. The number of aryl methyl sites for hydroxylation is 1. The van der Waals surface area contributed by atoms with Crippen molar-refractivity contribution < 1.29 is 9.53 Å². The van der Waals surface area contributed by atoms with Crippen LogP contribution in [0.15, 0.2) is 54.1 Å². The van der Waals surface area contributed by atoms with Crippen molar-refractivity contribution in [3.63, 3.8) is 0 Å². The summed E-state index contributed by atoms with van der Waals surface area (Å²) >= 11 is 1.68. The Bertz CT molecular complexity index is 1110. The Balaban J connectivity index is 1.26. The van der Waals surface area contributed by atoms with Gasteiger partial charge in [-0.1, -0.05) is 23.9 Å². The molecule has 2 saturated heterocycles. The fourth-order valence-electron chi connectivity index (χ4n) is 4.82. The monoisotopic (exact) mass is 477 g/mol. The SMILES string of the molecule is Cc1cnc(SC[C@@H]2CCCO2)nc1[C@@H]1CCCN(C(=O)c2cccc(Cn3cccn3)c2)C1. The zero-order valence-corrected chi connectivity index (χ0v) is 20.4. The number of hydrogen-bond donors (Lipinski definition) is 0. The van der Waals surface area contributed by atoms with Gasteiger partial charge in [0.05, 0.1) is 18.3 Å². The average molecular weight is 478 g/mol. The zero-order valence-electron chi connectivity index (χ0n) is 19.6. The van der Waals surface area contributed by atoms with Crippen LogP contribution >= 0.6 is 11.8 Å². The summed E-state index contributed by atoms with van der Waals surface area (Å²) in [6, 6.07) is 9.80. The van der Waals surface area contributed by atoms with Crippen LogP contribution < -0.4 is 0 Å². The number of amides is 1. The van der Waals surface area contributed by atoms with Crippen molar-refractivity contribution in [3.05, 3.63) is 71.3 Å². The van der Waals surface area contributed by atoms with Gasteiger partial charge < -0.3 is 9.64 Å². The molecule has 1 amide bonds. The van der Waals surface area contributed by atoms with E-state index in [1.807, 2.05) is 52.3 Å². The van der Waals surface area contributed by atoms with Crippen molar-refractivity contribution in [1.29, 1.82) is 0 Å². The van der Waals surface area contributed by atoms with Gasteiger partial charge in [0.25, 0.3) is 5.91 Å². The second-order valence-corrected chi connectivity index (χ2v) is 10.1. The number of likely N-dealkylation sites (tertiary alicyclic amines) is 1. The van der Waals surface area contributed by atoms with Gasteiger partial charge in [0, 0.05) is 55.5 Å². The van der Waals surface area contributed by atoms with E-state index < -0.39 is 0 Å². The van der Waals surface area contributed by atoms with E-state index in [0.717, 1.165) is 72.1 Å². The van der Waals surface area contributed by atoms with Crippen LogP contribution in [0.25, 0.3) is 0 Å². The van der Waals surface area contributed by atoms with Gasteiger partial charge >= 0.3 is 0 Å². The molecule has 0 N–H and O–H groups in total. The molecule has 0 spiro atoms. The van der Waals surface area contributed by atoms with Gasteiger partial charge in [0.2, 0.25) is 0 Å². The van der Waals surface area contributed by atoms with E-state index in [2.05, 4.69) is 17.0 Å². The third kappa shape index (κ3) is 5.50. The summed E-state index contributed by atoms with van der Waals surface area (Å²) in [6.45, 7) is 5.06. The van der Waals surface area contributed by atoms with E-state index in [0.29, 0.717) is 19.2 Å². The van der Waals surface area contributed by atoms with Crippen LogP contribution in [0.4, 0.5) is 0 Å². The molecule has 2 aliphatic rings. The summed E-state index contributed by atoms with van der Waals surface area (Å²) in [4.78, 5) is 24.8. The molecule has 2 atom stereocenters. The van der Waals surface area contributed by atoms with E-state index in [4.69, 9.17) is 9.72 Å². The summed E-state index contributed by atoms with van der Waals surface area (Å²) < 4.78 is 7.61. The van der Waals surface area contributed by atoms with Gasteiger partial charge in [-0.25, -0.2) is 9.97 Å². The highest BCUT2D eigenvalue weighted by atomic mass is 32.2. The normalized spacial score (nSPS) is 20.6. The third-order valence-electron chi connectivity index (χ3n) is 6.58. The lowest BCUT2D eigenvalue weighted by Gasteiger charge is -2.33. The number of aromatic nitrogens is 4. The molecule has 2 aliphatic heterocycles. The lowest BCUT2D eigenvalue weighted by Crippen LogP contribution is -2.39. The largest absolute Gasteiger partial charge is 0.377 e. The van der Waals surface area contributed by atoms with E-state index in [-0.39, 0.29) is 11.8 Å². The lowest BCUT2D eigenvalue weighted by molar-refractivity contribution is 0.0705. The van der Waals surface area contributed by atoms with Gasteiger partial charge in [0.15, 0.2) is 5.16 Å². The first-order valence-electron chi connectivity index (χ1n) is 12.1. The number of piperidine rings is 1. The van der Waals surface area contributed by atoms with Crippen molar-refractivity contribution in [2.24, 2.45) is 0 Å². The Morgan fingerprint density at radius 3 is 3.00 bits per heavy atom. The maximum Gasteiger partial charge on any atom is 0.253 e. The molecule has 2 aromatic heterocycles. The molecular weight excluding hydrogens is 446 g/mol. The molecule has 178 valence electrons. The minimum absolute atomic E-state index is 0.0895. The van der Waals surface area contributed by atoms with Gasteiger partial charge in [0.1, 0.15) is 0 Å². The Hall–Kier alpha value is -2.71. The van der Waals surface area contributed by atoms with Gasteiger partial charge in [-0.2, -0.15) is 5.10 Å². The van der Waals surface area contributed by atoms with Crippen molar-refractivity contribution in [2.75, 3.05) is 25.4 Å². The van der Waals surface area contributed by atoms with Crippen LogP contribution in [-0.2, 0) is 11.3 Å². The fraction of sp³-hybridized carbons (Fsp3) is 0.462. The van der Waals surface area contributed by atoms with Crippen LogP contribution in [0, 0.1) is 6.92 Å².